The highest BCUT2D eigenvalue weighted by Gasteiger charge is 2.96. The molecule has 2 nitrogen and oxygen atoms in total. The third-order valence-corrected chi connectivity index (χ3v) is 14.0. The number of anilines is 3. The Morgan fingerprint density at radius 1 is 0.345 bits per heavy atom. The number of nitrogens with zero attached hydrogens (tertiary/aromatic N) is 1. The molecule has 55 heavy (non-hydrogen) atoms. The van der Waals surface area contributed by atoms with E-state index in [1.165, 1.54) is 71.7 Å². The van der Waals surface area contributed by atoms with Crippen LogP contribution in [0.4, 0.5) is 17.1 Å². The Kier molecular flexibility index (Phi) is 4.89. The van der Waals surface area contributed by atoms with E-state index in [0.29, 0.717) is 0 Å². The molecule has 2 heteroatoms. The molecule has 1 aromatic heterocycles. The van der Waals surface area contributed by atoms with Crippen LogP contribution >= 0.6 is 0 Å². The zero-order valence-corrected chi connectivity index (χ0v) is 29.8. The van der Waals surface area contributed by atoms with Crippen LogP contribution in [0.2, 0.25) is 0 Å². The van der Waals surface area contributed by atoms with E-state index in [1.807, 2.05) is 0 Å². The fraction of sp³-hybridized carbons (Fsp3) is 0.0566. The fourth-order valence-electron chi connectivity index (χ4n) is 12.6. The van der Waals surface area contributed by atoms with E-state index in [2.05, 4.69) is 193 Å². The van der Waals surface area contributed by atoms with Crippen LogP contribution in [-0.2, 0) is 16.2 Å². The second-order valence-corrected chi connectivity index (χ2v) is 15.8. The van der Waals surface area contributed by atoms with Gasteiger partial charge >= 0.3 is 0 Å². The number of furan rings is 1. The molecule has 3 unspecified atom stereocenters. The van der Waals surface area contributed by atoms with Crippen molar-refractivity contribution in [1.29, 1.82) is 0 Å². The van der Waals surface area contributed by atoms with E-state index in [-0.39, 0.29) is 10.8 Å². The van der Waals surface area contributed by atoms with Gasteiger partial charge in [-0.25, -0.2) is 0 Å². The molecule has 3 atom stereocenters. The Balaban J connectivity index is 1.21. The maximum absolute atomic E-state index is 6.56. The third kappa shape index (κ3) is 2.83. The monoisotopic (exact) mass is 697 g/mol. The molecule has 0 radical (unpaired) electrons. The van der Waals surface area contributed by atoms with Gasteiger partial charge in [-0.05, 0) is 102 Å². The molecular weight excluding hydrogens is 667 g/mol. The third-order valence-electron chi connectivity index (χ3n) is 14.0. The minimum absolute atomic E-state index is 0.345. The number of rotatable bonds is 3. The van der Waals surface area contributed by atoms with Crippen molar-refractivity contribution in [1.82, 2.24) is 0 Å². The number of fused-ring (bicyclic) bond motifs is 6. The van der Waals surface area contributed by atoms with Crippen molar-refractivity contribution >= 4 is 60.5 Å². The minimum Gasteiger partial charge on any atom is -0.456 e. The summed E-state index contributed by atoms with van der Waals surface area (Å²) in [4.78, 5) is 2.54. The lowest BCUT2D eigenvalue weighted by atomic mass is 9.65. The summed E-state index contributed by atoms with van der Waals surface area (Å²) in [5.74, 6) is 0. The molecule has 1 fully saturated rings. The molecule has 3 spiro atoms. The molecule has 254 valence electrons. The second kappa shape index (κ2) is 9.42. The van der Waals surface area contributed by atoms with E-state index in [1.54, 1.807) is 0 Å². The highest BCUT2D eigenvalue weighted by molar-refractivity contribution is 6.18. The predicted octanol–water partition coefficient (Wildman–Crippen LogP) is 13.2. The van der Waals surface area contributed by atoms with Gasteiger partial charge in [0.1, 0.15) is 11.2 Å². The first-order valence-electron chi connectivity index (χ1n) is 19.4. The molecule has 0 N–H and O–H groups in total. The molecule has 1 heterocycles. The van der Waals surface area contributed by atoms with Gasteiger partial charge in [-0.3, -0.25) is 0 Å². The summed E-state index contributed by atoms with van der Waals surface area (Å²) in [6.45, 7) is 0. The summed E-state index contributed by atoms with van der Waals surface area (Å²) < 4.78 is 6.56. The summed E-state index contributed by atoms with van der Waals surface area (Å²) >= 11 is 0. The Bertz CT molecular complexity index is 3300. The van der Waals surface area contributed by atoms with Gasteiger partial charge in [-0.15, -0.1) is 0 Å². The van der Waals surface area contributed by atoms with Crippen LogP contribution in [0, 0.1) is 0 Å². The van der Waals surface area contributed by atoms with Gasteiger partial charge < -0.3 is 9.32 Å². The molecule has 0 amide bonds. The standard InChI is InChI=1S/C53H31NO/c1-2-17-34(18-3-1)54(43-27-13-29-46-49(43)37-21-6-9-28-45(37)55-46)44-31-30-33-16-12-26-42-48(33)50(44)53-41-25-11-15-32-14-10-24-40(47(32)41)51(53)38-22-7-4-19-35(38)36-20-5-8-23-39(36)52(42,51)53/h1-31H. The van der Waals surface area contributed by atoms with Gasteiger partial charge in [0.15, 0.2) is 0 Å². The van der Waals surface area contributed by atoms with E-state index < -0.39 is 5.41 Å². The van der Waals surface area contributed by atoms with Crippen LogP contribution in [0.1, 0.15) is 33.4 Å². The average molecular weight is 698 g/mol. The number of hydrogen-bond donors (Lipinski definition) is 0. The molecule has 1 saturated carbocycles. The first-order chi connectivity index (χ1) is 27.3. The van der Waals surface area contributed by atoms with Gasteiger partial charge in [0.05, 0.1) is 33.0 Å². The molecule has 14 rings (SSSR count). The zero-order chi connectivity index (χ0) is 35.7. The summed E-state index contributed by atoms with van der Waals surface area (Å²) in [5, 5.41) is 7.66. The Morgan fingerprint density at radius 3 is 1.62 bits per heavy atom. The van der Waals surface area contributed by atoms with E-state index in [0.717, 1.165) is 33.3 Å². The van der Waals surface area contributed by atoms with Crippen LogP contribution in [0.5, 0.6) is 0 Å². The van der Waals surface area contributed by atoms with Crippen LogP contribution in [0.3, 0.4) is 0 Å². The maximum Gasteiger partial charge on any atom is 0.137 e. The highest BCUT2D eigenvalue weighted by Crippen LogP contribution is 2.95. The first-order valence-corrected chi connectivity index (χ1v) is 19.4. The molecule has 9 aromatic carbocycles. The van der Waals surface area contributed by atoms with Crippen LogP contribution in [0.25, 0.3) is 54.6 Å². The predicted molar refractivity (Wildman–Crippen MR) is 224 cm³/mol. The Hall–Kier alpha value is -6.90. The lowest BCUT2D eigenvalue weighted by Crippen LogP contribution is -2.30. The number of para-hydroxylation sites is 2. The van der Waals surface area contributed by atoms with Crippen molar-refractivity contribution in [2.45, 2.75) is 16.2 Å². The number of benzene rings is 9. The van der Waals surface area contributed by atoms with Crippen molar-refractivity contribution in [3.8, 4) is 11.1 Å². The smallest absolute Gasteiger partial charge is 0.137 e. The van der Waals surface area contributed by atoms with Gasteiger partial charge in [-0.2, -0.15) is 0 Å². The molecule has 0 saturated heterocycles. The first kappa shape index (κ1) is 28.6. The van der Waals surface area contributed by atoms with Gasteiger partial charge in [0.25, 0.3) is 0 Å². The van der Waals surface area contributed by atoms with E-state index in [4.69, 9.17) is 4.42 Å². The van der Waals surface area contributed by atoms with E-state index >= 15 is 0 Å². The van der Waals surface area contributed by atoms with E-state index in [9.17, 15) is 0 Å². The van der Waals surface area contributed by atoms with Crippen molar-refractivity contribution in [3.63, 3.8) is 0 Å². The molecule has 4 aliphatic carbocycles. The minimum atomic E-state index is -0.413. The molecular formula is C53H31NO. The number of hydrogen-bond acceptors (Lipinski definition) is 2. The van der Waals surface area contributed by atoms with Crippen molar-refractivity contribution in [3.05, 3.63) is 221 Å². The lowest BCUT2D eigenvalue weighted by Gasteiger charge is -2.36. The van der Waals surface area contributed by atoms with Crippen molar-refractivity contribution in [2.24, 2.45) is 0 Å². The van der Waals surface area contributed by atoms with Gasteiger partial charge in [0, 0.05) is 11.1 Å². The van der Waals surface area contributed by atoms with Crippen LogP contribution in [-0.4, -0.2) is 0 Å². The zero-order valence-electron chi connectivity index (χ0n) is 29.8. The molecule has 0 aliphatic heterocycles. The largest absolute Gasteiger partial charge is 0.456 e. The summed E-state index contributed by atoms with van der Waals surface area (Å²) in [6.07, 6.45) is 0. The quantitative estimate of drug-likeness (QED) is 0.183. The SMILES string of the molecule is c1ccc(N(c2ccc3cccc4c3c2C23c5cccc6cccc(c56)C25c2ccccc2-c2ccccc2C453)c2cccc3oc4ccccc4c23)cc1. The average Bonchev–Trinajstić information content (AvgIpc) is 3.43. The molecule has 4 aliphatic rings. The van der Waals surface area contributed by atoms with Crippen molar-refractivity contribution < 1.29 is 4.42 Å². The highest BCUT2D eigenvalue weighted by atomic mass is 16.3. The normalized spacial score (nSPS) is 21.7. The maximum atomic E-state index is 6.56. The summed E-state index contributed by atoms with van der Waals surface area (Å²) in [5.41, 5.74) is 15.5. The topological polar surface area (TPSA) is 16.4 Å². The van der Waals surface area contributed by atoms with Crippen LogP contribution < -0.4 is 4.90 Å². The summed E-state index contributed by atoms with van der Waals surface area (Å²) in [7, 11) is 0. The van der Waals surface area contributed by atoms with Crippen molar-refractivity contribution in [2.75, 3.05) is 4.90 Å². The molecule has 0 bridgehead atoms. The summed E-state index contributed by atoms with van der Waals surface area (Å²) in [6, 6.07) is 70.7. The second-order valence-electron chi connectivity index (χ2n) is 15.8. The Morgan fingerprint density at radius 2 is 0.891 bits per heavy atom. The lowest BCUT2D eigenvalue weighted by molar-refractivity contribution is 0.669. The fourth-order valence-corrected chi connectivity index (χ4v) is 12.6. The van der Waals surface area contributed by atoms with Gasteiger partial charge in [-0.1, -0.05) is 152 Å². The Labute approximate surface area is 317 Å². The van der Waals surface area contributed by atoms with Gasteiger partial charge in [0.2, 0.25) is 0 Å². The van der Waals surface area contributed by atoms with Crippen LogP contribution in [0.15, 0.2) is 192 Å². The molecule has 10 aromatic rings.